The van der Waals surface area contributed by atoms with Gasteiger partial charge in [-0.3, -0.25) is 0 Å². The summed E-state index contributed by atoms with van der Waals surface area (Å²) in [6.45, 7) is 3.76. The predicted octanol–water partition coefficient (Wildman–Crippen LogP) is 0.994. The molecular formula is C12H20N2O3. The van der Waals surface area contributed by atoms with Crippen LogP contribution < -0.4 is 0 Å². The van der Waals surface area contributed by atoms with Crippen LogP contribution in [0.2, 0.25) is 0 Å². The summed E-state index contributed by atoms with van der Waals surface area (Å²) < 4.78 is 5.90. The Morgan fingerprint density at radius 1 is 1.24 bits per heavy atom. The molecule has 3 aliphatic rings. The van der Waals surface area contributed by atoms with Crippen molar-refractivity contribution in [2.45, 2.75) is 37.3 Å². The van der Waals surface area contributed by atoms with Crippen molar-refractivity contribution in [2.75, 3.05) is 32.8 Å². The van der Waals surface area contributed by atoms with Crippen LogP contribution in [0.5, 0.6) is 0 Å². The maximum Gasteiger partial charge on any atom is 0.407 e. The van der Waals surface area contributed by atoms with Crippen LogP contribution in [0.3, 0.4) is 0 Å². The second kappa shape index (κ2) is 4.14. The smallest absolute Gasteiger partial charge is 0.407 e. The van der Waals surface area contributed by atoms with E-state index in [9.17, 15) is 4.79 Å². The minimum absolute atomic E-state index is 0.192. The van der Waals surface area contributed by atoms with Crippen molar-refractivity contribution in [3.05, 3.63) is 0 Å². The highest BCUT2D eigenvalue weighted by Gasteiger charge is 2.43. The maximum absolute atomic E-state index is 11.0. The van der Waals surface area contributed by atoms with Crippen molar-refractivity contribution in [3.8, 4) is 0 Å². The van der Waals surface area contributed by atoms with E-state index < -0.39 is 6.09 Å². The number of amides is 1. The Kier molecular flexibility index (Phi) is 2.75. The first-order valence-corrected chi connectivity index (χ1v) is 6.54. The van der Waals surface area contributed by atoms with E-state index in [1.165, 1.54) is 17.7 Å². The number of hydrogen-bond acceptors (Lipinski definition) is 3. The summed E-state index contributed by atoms with van der Waals surface area (Å²) in [4.78, 5) is 15.1. The Labute approximate surface area is 101 Å². The van der Waals surface area contributed by atoms with Gasteiger partial charge in [0.05, 0.1) is 18.8 Å². The van der Waals surface area contributed by atoms with E-state index in [1.54, 1.807) is 0 Å². The summed E-state index contributed by atoms with van der Waals surface area (Å²) >= 11 is 0. The van der Waals surface area contributed by atoms with Gasteiger partial charge in [-0.1, -0.05) is 0 Å². The monoisotopic (exact) mass is 240 g/mol. The normalized spacial score (nSPS) is 29.5. The van der Waals surface area contributed by atoms with Crippen LogP contribution in [0.25, 0.3) is 0 Å². The first-order chi connectivity index (χ1) is 8.19. The molecule has 17 heavy (non-hydrogen) atoms. The summed E-state index contributed by atoms with van der Waals surface area (Å²) in [7, 11) is 0. The minimum atomic E-state index is -0.808. The van der Waals surface area contributed by atoms with Crippen molar-refractivity contribution in [2.24, 2.45) is 0 Å². The Morgan fingerprint density at radius 3 is 2.53 bits per heavy atom. The van der Waals surface area contributed by atoms with Crippen molar-refractivity contribution in [1.29, 1.82) is 0 Å². The molecule has 0 atom stereocenters. The molecule has 2 saturated heterocycles. The molecule has 0 bridgehead atoms. The number of morpholine rings is 1. The van der Waals surface area contributed by atoms with Crippen LogP contribution in [0, 0.1) is 0 Å². The van der Waals surface area contributed by atoms with Crippen LogP contribution in [0.1, 0.15) is 25.7 Å². The molecule has 3 rings (SSSR count). The molecule has 1 saturated carbocycles. The van der Waals surface area contributed by atoms with Crippen LogP contribution in [-0.4, -0.2) is 65.4 Å². The van der Waals surface area contributed by atoms with Crippen LogP contribution in [0.15, 0.2) is 0 Å². The molecule has 0 radical (unpaired) electrons. The van der Waals surface area contributed by atoms with Gasteiger partial charge in [0, 0.05) is 25.7 Å². The molecule has 2 aliphatic heterocycles. The third kappa shape index (κ3) is 2.26. The lowest BCUT2D eigenvalue weighted by Gasteiger charge is -2.46. The van der Waals surface area contributed by atoms with Crippen molar-refractivity contribution in [3.63, 3.8) is 0 Å². The quantitative estimate of drug-likeness (QED) is 0.742. The van der Waals surface area contributed by atoms with Gasteiger partial charge < -0.3 is 19.6 Å². The summed E-state index contributed by atoms with van der Waals surface area (Å²) in [6.07, 6.45) is 3.84. The van der Waals surface area contributed by atoms with Gasteiger partial charge in [-0.05, 0) is 25.7 Å². The van der Waals surface area contributed by atoms with Gasteiger partial charge in [-0.15, -0.1) is 0 Å². The molecule has 96 valence electrons. The van der Waals surface area contributed by atoms with Gasteiger partial charge in [-0.25, -0.2) is 4.79 Å². The van der Waals surface area contributed by atoms with Gasteiger partial charge in [0.1, 0.15) is 0 Å². The predicted molar refractivity (Wildman–Crippen MR) is 62.1 cm³/mol. The number of ether oxygens (including phenoxy) is 1. The lowest BCUT2D eigenvalue weighted by molar-refractivity contribution is -0.129. The lowest BCUT2D eigenvalue weighted by Crippen LogP contribution is -2.58. The fourth-order valence-corrected chi connectivity index (χ4v) is 3.05. The molecule has 1 spiro atoms. The zero-order valence-corrected chi connectivity index (χ0v) is 10.1. The van der Waals surface area contributed by atoms with Gasteiger partial charge in [0.2, 0.25) is 0 Å². The fourth-order valence-electron chi connectivity index (χ4n) is 3.05. The topological polar surface area (TPSA) is 53.0 Å². The summed E-state index contributed by atoms with van der Waals surface area (Å²) in [6, 6.07) is 0.812. The van der Waals surface area contributed by atoms with E-state index >= 15 is 0 Å². The van der Waals surface area contributed by atoms with Crippen LogP contribution >= 0.6 is 0 Å². The van der Waals surface area contributed by atoms with E-state index in [2.05, 4.69) is 4.90 Å². The highest BCUT2D eigenvalue weighted by atomic mass is 16.5. The van der Waals surface area contributed by atoms with E-state index in [0.29, 0.717) is 19.7 Å². The SMILES string of the molecule is O=C(O)N1CCOC2(CCN(C3CC3)CC2)C1. The van der Waals surface area contributed by atoms with E-state index in [-0.39, 0.29) is 5.60 Å². The second-order valence-corrected chi connectivity index (χ2v) is 5.50. The standard InChI is InChI=1S/C12H20N2O3/c15-11(16)14-7-8-17-12(9-14)3-5-13(6-4-12)10-1-2-10/h10H,1-9H2,(H,15,16). The Hall–Kier alpha value is -0.810. The largest absolute Gasteiger partial charge is 0.465 e. The number of hydrogen-bond donors (Lipinski definition) is 1. The van der Waals surface area contributed by atoms with E-state index in [4.69, 9.17) is 9.84 Å². The Morgan fingerprint density at radius 2 is 1.94 bits per heavy atom. The molecule has 0 aromatic rings. The average Bonchev–Trinajstić information content (AvgIpc) is 3.14. The molecular weight excluding hydrogens is 220 g/mol. The number of carboxylic acid groups (broad SMARTS) is 1. The highest BCUT2D eigenvalue weighted by Crippen LogP contribution is 2.35. The summed E-state index contributed by atoms with van der Waals surface area (Å²) in [5, 5.41) is 9.06. The average molecular weight is 240 g/mol. The zero-order chi connectivity index (χ0) is 11.9. The molecule has 0 aromatic heterocycles. The molecule has 5 heteroatoms. The first kappa shape index (κ1) is 11.3. The minimum Gasteiger partial charge on any atom is -0.465 e. The molecule has 1 aliphatic carbocycles. The maximum atomic E-state index is 11.0. The van der Waals surface area contributed by atoms with Gasteiger partial charge in [0.25, 0.3) is 0 Å². The van der Waals surface area contributed by atoms with Crippen LogP contribution in [0.4, 0.5) is 4.79 Å². The number of likely N-dealkylation sites (tertiary alicyclic amines) is 1. The third-order valence-electron chi connectivity index (χ3n) is 4.29. The summed E-state index contributed by atoms with van der Waals surface area (Å²) in [5.74, 6) is 0. The second-order valence-electron chi connectivity index (χ2n) is 5.50. The molecule has 5 nitrogen and oxygen atoms in total. The Balaban J connectivity index is 1.60. The van der Waals surface area contributed by atoms with Gasteiger partial charge >= 0.3 is 6.09 Å². The van der Waals surface area contributed by atoms with Crippen molar-refractivity contribution in [1.82, 2.24) is 9.80 Å². The van der Waals surface area contributed by atoms with E-state index in [1.807, 2.05) is 0 Å². The number of nitrogens with zero attached hydrogens (tertiary/aromatic N) is 2. The Bertz CT molecular complexity index is 309. The molecule has 1 N–H and O–H groups in total. The number of rotatable bonds is 1. The number of carbonyl (C=O) groups is 1. The summed E-state index contributed by atoms with van der Waals surface area (Å²) in [5.41, 5.74) is -0.192. The van der Waals surface area contributed by atoms with Crippen molar-refractivity contribution >= 4 is 6.09 Å². The van der Waals surface area contributed by atoms with E-state index in [0.717, 1.165) is 32.0 Å². The number of piperidine rings is 1. The molecule has 2 heterocycles. The molecule has 0 unspecified atom stereocenters. The molecule has 3 fully saturated rings. The lowest BCUT2D eigenvalue weighted by atomic mass is 9.89. The highest BCUT2D eigenvalue weighted by molar-refractivity contribution is 5.65. The van der Waals surface area contributed by atoms with Gasteiger partial charge in [-0.2, -0.15) is 0 Å². The van der Waals surface area contributed by atoms with Gasteiger partial charge in [0.15, 0.2) is 0 Å². The molecule has 0 aromatic carbocycles. The first-order valence-electron chi connectivity index (χ1n) is 6.54. The molecule has 1 amide bonds. The van der Waals surface area contributed by atoms with Crippen LogP contribution in [-0.2, 0) is 4.74 Å². The zero-order valence-electron chi connectivity index (χ0n) is 10.1. The fraction of sp³-hybridized carbons (Fsp3) is 0.917. The third-order valence-corrected chi connectivity index (χ3v) is 4.29. The van der Waals surface area contributed by atoms with Crippen molar-refractivity contribution < 1.29 is 14.6 Å².